The van der Waals surface area contributed by atoms with E-state index in [1.807, 2.05) is 0 Å². The molecule has 1 aromatic carbocycles. The molecule has 0 bridgehead atoms. The average molecular weight is 365 g/mol. The molecule has 3 heteroatoms. The molecule has 1 aliphatic rings. The number of rotatable bonds is 4. The van der Waals surface area contributed by atoms with Crippen LogP contribution in [0.2, 0.25) is 24.0 Å². The number of carbonyl (C=O) groups is 1. The van der Waals surface area contributed by atoms with Gasteiger partial charge in [-0.3, -0.25) is 0 Å². The van der Waals surface area contributed by atoms with Gasteiger partial charge >= 0.3 is 136 Å². The molecule has 0 heterocycles. The Morgan fingerprint density at radius 1 is 1.10 bits per heavy atom. The third-order valence-electron chi connectivity index (χ3n) is 4.33. The van der Waals surface area contributed by atoms with Crippen molar-refractivity contribution in [2.45, 2.75) is 57.1 Å². The summed E-state index contributed by atoms with van der Waals surface area (Å²) in [5, 5.41) is 0.589. The molecule has 0 amide bonds. The normalized spacial score (nSPS) is 23.3. The minimum atomic E-state index is -1.77. The van der Waals surface area contributed by atoms with Crippen molar-refractivity contribution in [3.05, 3.63) is 41.5 Å². The molecule has 1 aliphatic carbocycles. The molecular formula is C18H26OSeSi. The van der Waals surface area contributed by atoms with Crippen LogP contribution in [0, 0.1) is 0 Å². The van der Waals surface area contributed by atoms with Crippen LogP contribution in [0.1, 0.15) is 33.1 Å². The van der Waals surface area contributed by atoms with E-state index in [1.165, 1.54) is 15.6 Å². The van der Waals surface area contributed by atoms with E-state index in [0.29, 0.717) is 5.41 Å². The van der Waals surface area contributed by atoms with Crippen LogP contribution in [0.25, 0.3) is 0 Å². The Balaban J connectivity index is 2.39. The van der Waals surface area contributed by atoms with Crippen LogP contribution >= 0.6 is 0 Å². The van der Waals surface area contributed by atoms with E-state index < -0.39 is 8.07 Å². The van der Waals surface area contributed by atoms with Crippen LogP contribution in [0.3, 0.4) is 0 Å². The average Bonchev–Trinajstić information content (AvgIpc) is 2.42. The molecule has 114 valence electrons. The zero-order chi connectivity index (χ0) is 15.7. The fourth-order valence-electron chi connectivity index (χ4n) is 3.00. The molecule has 0 fully saturated rings. The van der Waals surface area contributed by atoms with Gasteiger partial charge in [-0.25, -0.2) is 0 Å². The molecule has 1 atom stereocenters. The second-order valence-corrected chi connectivity index (χ2v) is 15.2. The summed E-state index contributed by atoms with van der Waals surface area (Å²) in [5.41, 5.74) is 2.95. The second-order valence-electron chi connectivity index (χ2n) is 7.23. The van der Waals surface area contributed by atoms with Gasteiger partial charge in [0.25, 0.3) is 0 Å². The van der Waals surface area contributed by atoms with Gasteiger partial charge in [0.1, 0.15) is 0 Å². The fourth-order valence-corrected chi connectivity index (χ4v) is 9.56. The fraction of sp³-hybridized carbons (Fsp3) is 0.500. The summed E-state index contributed by atoms with van der Waals surface area (Å²) >= 11 is 0.230. The number of hydrogen-bond donors (Lipinski definition) is 0. The maximum absolute atomic E-state index is 13.3. The Morgan fingerprint density at radius 2 is 1.71 bits per heavy atom. The van der Waals surface area contributed by atoms with E-state index >= 15 is 0 Å². The first-order valence-electron chi connectivity index (χ1n) is 7.69. The van der Waals surface area contributed by atoms with Crippen molar-refractivity contribution in [1.82, 2.24) is 0 Å². The van der Waals surface area contributed by atoms with Crippen molar-refractivity contribution in [3.63, 3.8) is 0 Å². The van der Waals surface area contributed by atoms with Gasteiger partial charge < -0.3 is 0 Å². The van der Waals surface area contributed by atoms with Gasteiger partial charge in [0.15, 0.2) is 0 Å². The van der Waals surface area contributed by atoms with E-state index in [0.717, 1.165) is 19.3 Å². The Morgan fingerprint density at radius 3 is 2.24 bits per heavy atom. The first-order valence-corrected chi connectivity index (χ1v) is 12.9. The standard InChI is InChI=1S/C18H26OSeSi/c1-14-11-12-18(13-15(14)2,17(19)21(3,4)5)20-16-9-7-6-8-10-16/h6-10H,11-13H2,1-5H3. The monoisotopic (exact) mass is 366 g/mol. The van der Waals surface area contributed by atoms with Crippen LogP contribution < -0.4 is 4.46 Å². The topological polar surface area (TPSA) is 17.1 Å². The molecule has 21 heavy (non-hydrogen) atoms. The Kier molecular flexibility index (Phi) is 4.97. The molecule has 1 aromatic rings. The van der Waals surface area contributed by atoms with Gasteiger partial charge in [-0.15, -0.1) is 0 Å². The van der Waals surface area contributed by atoms with Crippen LogP contribution in [0.4, 0.5) is 0 Å². The number of allylic oxidation sites excluding steroid dienone is 2. The van der Waals surface area contributed by atoms with E-state index in [1.54, 1.807) is 0 Å². The van der Waals surface area contributed by atoms with Crippen LogP contribution in [-0.4, -0.2) is 28.4 Å². The third-order valence-corrected chi connectivity index (χ3v) is 9.59. The van der Waals surface area contributed by atoms with Crippen LogP contribution in [0.5, 0.6) is 0 Å². The summed E-state index contributed by atoms with van der Waals surface area (Å²) in [6.45, 7) is 11.1. The summed E-state index contributed by atoms with van der Waals surface area (Å²) in [4.78, 5) is 13.3. The molecular weight excluding hydrogens is 339 g/mol. The summed E-state index contributed by atoms with van der Waals surface area (Å²) in [5.74, 6) is 0. The second kappa shape index (κ2) is 6.24. The minimum absolute atomic E-state index is 0.0948. The SMILES string of the molecule is CC1=C(C)CC([Se]c2ccccc2)(C(=O)[Si](C)(C)C)CC1. The zero-order valence-electron chi connectivity index (χ0n) is 13.8. The quantitative estimate of drug-likeness (QED) is 0.579. The van der Waals surface area contributed by atoms with E-state index in [-0.39, 0.29) is 19.3 Å². The maximum atomic E-state index is 13.3. The van der Waals surface area contributed by atoms with Gasteiger partial charge in [-0.1, -0.05) is 0 Å². The summed E-state index contributed by atoms with van der Waals surface area (Å²) in [7, 11) is -1.77. The van der Waals surface area contributed by atoms with Gasteiger partial charge in [0.05, 0.1) is 0 Å². The molecule has 0 saturated carbocycles. The summed E-state index contributed by atoms with van der Waals surface area (Å²) < 4.78 is 1.27. The molecule has 0 aromatic heterocycles. The molecule has 0 N–H and O–H groups in total. The van der Waals surface area contributed by atoms with Crippen molar-refractivity contribution < 1.29 is 4.79 Å². The predicted molar refractivity (Wildman–Crippen MR) is 95.1 cm³/mol. The Labute approximate surface area is 136 Å². The molecule has 1 unspecified atom stereocenters. The van der Waals surface area contributed by atoms with Crippen molar-refractivity contribution >= 4 is 32.9 Å². The molecule has 0 radical (unpaired) electrons. The Bertz CT molecular complexity index is 556. The van der Waals surface area contributed by atoms with Crippen molar-refractivity contribution in [2.75, 3.05) is 0 Å². The third kappa shape index (κ3) is 3.77. The molecule has 0 spiro atoms. The Hall–Kier alpha value is -0.634. The van der Waals surface area contributed by atoms with Crippen molar-refractivity contribution in [2.24, 2.45) is 0 Å². The van der Waals surface area contributed by atoms with Crippen LogP contribution in [-0.2, 0) is 4.79 Å². The first kappa shape index (κ1) is 16.7. The molecule has 1 nitrogen and oxygen atoms in total. The predicted octanol–water partition coefficient (Wildman–Crippen LogP) is 4.14. The number of carbonyl (C=O) groups excluding carboxylic acids is 1. The van der Waals surface area contributed by atoms with Gasteiger partial charge in [0, 0.05) is 0 Å². The van der Waals surface area contributed by atoms with E-state index in [4.69, 9.17) is 0 Å². The number of hydrogen-bond acceptors (Lipinski definition) is 1. The summed E-state index contributed by atoms with van der Waals surface area (Å²) in [6, 6.07) is 10.6. The van der Waals surface area contributed by atoms with Gasteiger partial charge in [-0.05, 0) is 0 Å². The summed E-state index contributed by atoms with van der Waals surface area (Å²) in [6.07, 6.45) is 3.13. The van der Waals surface area contributed by atoms with E-state index in [2.05, 4.69) is 63.8 Å². The van der Waals surface area contributed by atoms with E-state index in [9.17, 15) is 4.79 Å². The van der Waals surface area contributed by atoms with Crippen molar-refractivity contribution in [3.8, 4) is 0 Å². The molecule has 0 saturated heterocycles. The molecule has 0 aliphatic heterocycles. The van der Waals surface area contributed by atoms with Crippen molar-refractivity contribution in [1.29, 1.82) is 0 Å². The number of benzene rings is 1. The first-order chi connectivity index (χ1) is 9.74. The molecule has 2 rings (SSSR count). The zero-order valence-corrected chi connectivity index (χ0v) is 16.5. The van der Waals surface area contributed by atoms with Crippen LogP contribution in [0.15, 0.2) is 41.5 Å². The van der Waals surface area contributed by atoms with Gasteiger partial charge in [0.2, 0.25) is 0 Å². The van der Waals surface area contributed by atoms with Gasteiger partial charge in [-0.2, -0.15) is 0 Å².